The summed E-state index contributed by atoms with van der Waals surface area (Å²) in [7, 11) is 0. The number of nitrogens with one attached hydrogen (secondary N) is 1. The second-order valence-electron chi connectivity index (χ2n) is 7.75. The molecule has 0 atom stereocenters. The van der Waals surface area contributed by atoms with Crippen LogP contribution in [0.2, 0.25) is 0 Å². The fraction of sp³-hybridized carbons (Fsp3) is 0.500. The maximum absolute atomic E-state index is 12.0. The molecule has 2 rings (SSSR count). The first-order valence-corrected chi connectivity index (χ1v) is 8.10. The lowest BCUT2D eigenvalue weighted by atomic mass is 10.2. The lowest BCUT2D eigenvalue weighted by molar-refractivity contribution is -0.155. The summed E-state index contributed by atoms with van der Waals surface area (Å²) < 4.78 is 12.3. The first-order chi connectivity index (χ1) is 11.4. The fourth-order valence-corrected chi connectivity index (χ4v) is 2.25. The SMILES string of the molecule is CC(C)(C)OC(=O)Cn1ccc2c(NC(=O)OC(C)(C)C)ccnc21. The van der Waals surface area contributed by atoms with Crippen molar-refractivity contribution < 1.29 is 19.1 Å². The number of rotatable bonds is 3. The highest BCUT2D eigenvalue weighted by molar-refractivity contribution is 5.98. The molecule has 136 valence electrons. The Morgan fingerprint density at radius 3 is 2.32 bits per heavy atom. The molecule has 7 nitrogen and oxygen atoms in total. The number of amides is 1. The predicted octanol–water partition coefficient (Wildman–Crippen LogP) is 3.73. The molecule has 0 aliphatic carbocycles. The number of aromatic nitrogens is 2. The van der Waals surface area contributed by atoms with Crippen molar-refractivity contribution in [2.75, 3.05) is 5.32 Å². The molecule has 2 heterocycles. The molecule has 7 heteroatoms. The first-order valence-electron chi connectivity index (χ1n) is 8.10. The Hall–Kier alpha value is -2.57. The summed E-state index contributed by atoms with van der Waals surface area (Å²) in [5.41, 5.74) is 0.0251. The maximum Gasteiger partial charge on any atom is 0.412 e. The fourth-order valence-electron chi connectivity index (χ4n) is 2.25. The minimum Gasteiger partial charge on any atom is -0.459 e. The van der Waals surface area contributed by atoms with Gasteiger partial charge in [0.15, 0.2) is 0 Å². The van der Waals surface area contributed by atoms with E-state index in [4.69, 9.17) is 9.47 Å². The van der Waals surface area contributed by atoms with Crippen LogP contribution in [-0.2, 0) is 20.8 Å². The average Bonchev–Trinajstić information content (AvgIpc) is 2.78. The van der Waals surface area contributed by atoms with E-state index in [1.165, 1.54) is 0 Å². The molecule has 0 unspecified atom stereocenters. The summed E-state index contributed by atoms with van der Waals surface area (Å²) in [6, 6.07) is 3.48. The van der Waals surface area contributed by atoms with Gasteiger partial charge in [-0.2, -0.15) is 0 Å². The molecule has 1 amide bonds. The van der Waals surface area contributed by atoms with Gasteiger partial charge in [-0.1, -0.05) is 0 Å². The Labute approximate surface area is 147 Å². The molecule has 0 spiro atoms. The van der Waals surface area contributed by atoms with Crippen LogP contribution in [0.4, 0.5) is 10.5 Å². The standard InChI is InChI=1S/C18H25N3O4/c1-17(2,3)24-14(22)11-21-10-8-12-13(7-9-19-15(12)21)20-16(23)25-18(4,5)6/h7-10H,11H2,1-6H3,(H,19,20,23). The highest BCUT2D eigenvalue weighted by Gasteiger charge is 2.19. The highest BCUT2D eigenvalue weighted by Crippen LogP contribution is 2.23. The van der Waals surface area contributed by atoms with Crippen molar-refractivity contribution in [1.29, 1.82) is 0 Å². The number of fused-ring (bicyclic) bond motifs is 1. The number of anilines is 1. The van der Waals surface area contributed by atoms with Crippen LogP contribution in [-0.4, -0.2) is 32.8 Å². The Bertz CT molecular complexity index is 782. The molecular formula is C18H25N3O4. The van der Waals surface area contributed by atoms with E-state index in [1.807, 2.05) is 20.8 Å². The number of pyridine rings is 1. The van der Waals surface area contributed by atoms with Crippen LogP contribution in [0.1, 0.15) is 41.5 Å². The van der Waals surface area contributed by atoms with Gasteiger partial charge in [-0.3, -0.25) is 10.1 Å². The lowest BCUT2D eigenvalue weighted by Crippen LogP contribution is -2.27. The van der Waals surface area contributed by atoms with Crippen molar-refractivity contribution in [2.24, 2.45) is 0 Å². The third-order valence-corrected chi connectivity index (χ3v) is 3.02. The van der Waals surface area contributed by atoms with Crippen molar-refractivity contribution in [2.45, 2.75) is 59.3 Å². The van der Waals surface area contributed by atoms with Gasteiger partial charge in [-0.05, 0) is 53.7 Å². The van der Waals surface area contributed by atoms with Gasteiger partial charge in [0.25, 0.3) is 0 Å². The van der Waals surface area contributed by atoms with Gasteiger partial charge in [0.2, 0.25) is 0 Å². The smallest absolute Gasteiger partial charge is 0.412 e. The topological polar surface area (TPSA) is 82.5 Å². The molecule has 0 saturated heterocycles. The first kappa shape index (κ1) is 18.8. The summed E-state index contributed by atoms with van der Waals surface area (Å²) in [6.07, 6.45) is 2.77. The van der Waals surface area contributed by atoms with Crippen molar-refractivity contribution in [3.63, 3.8) is 0 Å². The van der Waals surface area contributed by atoms with E-state index in [0.29, 0.717) is 11.3 Å². The molecule has 25 heavy (non-hydrogen) atoms. The molecule has 1 N–H and O–H groups in total. The van der Waals surface area contributed by atoms with Crippen LogP contribution in [0.3, 0.4) is 0 Å². The van der Waals surface area contributed by atoms with Gasteiger partial charge in [0, 0.05) is 17.8 Å². The molecule has 0 saturated carbocycles. The average molecular weight is 347 g/mol. The van der Waals surface area contributed by atoms with Gasteiger partial charge < -0.3 is 14.0 Å². The van der Waals surface area contributed by atoms with Crippen molar-refractivity contribution in [3.05, 3.63) is 24.5 Å². The van der Waals surface area contributed by atoms with E-state index in [1.54, 1.807) is 49.9 Å². The third-order valence-electron chi connectivity index (χ3n) is 3.02. The Morgan fingerprint density at radius 2 is 1.72 bits per heavy atom. The van der Waals surface area contributed by atoms with E-state index in [2.05, 4.69) is 10.3 Å². The molecule has 0 fully saturated rings. The number of nitrogens with zero attached hydrogens (tertiary/aromatic N) is 2. The van der Waals surface area contributed by atoms with Crippen LogP contribution in [0.5, 0.6) is 0 Å². The molecular weight excluding hydrogens is 322 g/mol. The number of hydrogen-bond acceptors (Lipinski definition) is 5. The summed E-state index contributed by atoms with van der Waals surface area (Å²) in [5, 5.41) is 3.44. The second-order valence-corrected chi connectivity index (χ2v) is 7.75. The maximum atomic E-state index is 12.0. The lowest BCUT2D eigenvalue weighted by Gasteiger charge is -2.20. The Balaban J connectivity index is 2.19. The normalized spacial score (nSPS) is 12.1. The van der Waals surface area contributed by atoms with Gasteiger partial charge in [-0.25, -0.2) is 9.78 Å². The van der Waals surface area contributed by atoms with Crippen LogP contribution < -0.4 is 5.32 Å². The minimum atomic E-state index is -0.584. The molecule has 0 bridgehead atoms. The Morgan fingerprint density at radius 1 is 1.08 bits per heavy atom. The summed E-state index contributed by atoms with van der Waals surface area (Å²) in [6.45, 7) is 10.9. The van der Waals surface area contributed by atoms with Crippen LogP contribution in [0.15, 0.2) is 24.5 Å². The number of ether oxygens (including phenoxy) is 2. The second kappa shape index (κ2) is 6.74. The largest absolute Gasteiger partial charge is 0.459 e. The zero-order valence-corrected chi connectivity index (χ0v) is 15.5. The van der Waals surface area contributed by atoms with Crippen LogP contribution in [0.25, 0.3) is 11.0 Å². The molecule has 2 aromatic heterocycles. The van der Waals surface area contributed by atoms with Crippen molar-refractivity contribution in [1.82, 2.24) is 9.55 Å². The van der Waals surface area contributed by atoms with Crippen molar-refractivity contribution in [3.8, 4) is 0 Å². The monoisotopic (exact) mass is 347 g/mol. The zero-order valence-electron chi connectivity index (χ0n) is 15.5. The number of hydrogen-bond donors (Lipinski definition) is 1. The third kappa shape index (κ3) is 5.48. The number of carbonyl (C=O) groups excluding carboxylic acids is 2. The molecule has 2 aromatic rings. The summed E-state index contributed by atoms with van der Waals surface area (Å²) in [5.74, 6) is -0.350. The van der Waals surface area contributed by atoms with E-state index in [9.17, 15) is 9.59 Å². The van der Waals surface area contributed by atoms with E-state index < -0.39 is 17.3 Å². The van der Waals surface area contributed by atoms with Gasteiger partial charge >= 0.3 is 12.1 Å². The quantitative estimate of drug-likeness (QED) is 0.856. The summed E-state index contributed by atoms with van der Waals surface area (Å²) >= 11 is 0. The van der Waals surface area contributed by atoms with Gasteiger partial charge in [-0.15, -0.1) is 0 Å². The van der Waals surface area contributed by atoms with Crippen LogP contribution in [0, 0.1) is 0 Å². The van der Waals surface area contributed by atoms with E-state index in [0.717, 1.165) is 5.39 Å². The highest BCUT2D eigenvalue weighted by atomic mass is 16.6. The van der Waals surface area contributed by atoms with Gasteiger partial charge in [0.05, 0.1) is 5.69 Å². The van der Waals surface area contributed by atoms with E-state index >= 15 is 0 Å². The minimum absolute atomic E-state index is 0.0453. The zero-order chi connectivity index (χ0) is 18.8. The van der Waals surface area contributed by atoms with Gasteiger partial charge in [0.1, 0.15) is 23.4 Å². The van der Waals surface area contributed by atoms with E-state index in [-0.39, 0.29) is 12.5 Å². The predicted molar refractivity (Wildman–Crippen MR) is 95.4 cm³/mol. The van der Waals surface area contributed by atoms with Crippen LogP contribution >= 0.6 is 0 Å². The number of carbonyl (C=O) groups is 2. The molecule has 0 aliphatic heterocycles. The number of esters is 1. The Kier molecular flexibility index (Phi) is 5.06. The summed E-state index contributed by atoms with van der Waals surface area (Å²) in [4.78, 5) is 28.3. The van der Waals surface area contributed by atoms with Crippen molar-refractivity contribution >= 4 is 28.8 Å². The molecule has 0 aliphatic rings. The molecule has 0 aromatic carbocycles. The molecule has 0 radical (unpaired) electrons.